The first-order valence-electron chi connectivity index (χ1n) is 17.8. The van der Waals surface area contributed by atoms with E-state index in [4.69, 9.17) is 32.9 Å². The summed E-state index contributed by atoms with van der Waals surface area (Å²) in [6.45, 7) is 5.82. The molecule has 5 aliphatic rings. The van der Waals surface area contributed by atoms with Crippen LogP contribution in [0.4, 0.5) is 4.39 Å². The smallest absolute Gasteiger partial charge is 0.226 e. The summed E-state index contributed by atoms with van der Waals surface area (Å²) >= 11 is 14.6. The Morgan fingerprint density at radius 1 is 1.18 bits per heavy atom. The van der Waals surface area contributed by atoms with Crippen LogP contribution in [0.1, 0.15) is 71.7 Å². The summed E-state index contributed by atoms with van der Waals surface area (Å²) in [5.74, 6) is 0.198. The zero-order chi connectivity index (χ0) is 35.1. The molecule has 5 atom stereocenters. The zero-order valence-electron chi connectivity index (χ0n) is 28.4. The van der Waals surface area contributed by atoms with Crippen LogP contribution in [0.25, 0.3) is 32.9 Å². The molecule has 0 spiro atoms. The van der Waals surface area contributed by atoms with Crippen LogP contribution in [-0.2, 0) is 22.6 Å². The van der Waals surface area contributed by atoms with Crippen molar-refractivity contribution in [1.82, 2.24) is 24.1 Å². The number of nitriles is 1. The van der Waals surface area contributed by atoms with Crippen molar-refractivity contribution in [3.05, 3.63) is 79.8 Å². The molecule has 51 heavy (non-hydrogen) atoms. The van der Waals surface area contributed by atoms with Crippen LogP contribution in [-0.4, -0.2) is 50.0 Å². The number of rotatable bonds is 9. The lowest BCUT2D eigenvalue weighted by Crippen LogP contribution is -2.41. The molecule has 3 saturated heterocycles. The minimum absolute atomic E-state index is 0.0598. The molecule has 5 aromatic rings. The summed E-state index contributed by atoms with van der Waals surface area (Å²) in [6, 6.07) is 13.9. The number of nitrogens with one attached hydrogen (secondary N) is 1. The molecule has 2 bridgehead atoms. The first-order chi connectivity index (χ1) is 24.7. The van der Waals surface area contributed by atoms with E-state index in [9.17, 15) is 10.1 Å². The number of carbonyl (C=O) groups is 1. The first kappa shape index (κ1) is 33.3. The molecular formula is C39H37Cl2FN6O2S. The average Bonchev–Trinajstić information content (AvgIpc) is 3.55. The third-order valence-corrected chi connectivity index (χ3v) is 12.9. The molecular weight excluding hydrogens is 706 g/mol. The SMILES string of the molecule is Cc1cc(COC2CC(c3cc4c(C)nc5c(F)c(-c6cccc(Cl)c6Cl)c(CCC#N)cc5c4n3C3C4CNC3C4)N(C(=O)C3CC3)C2)ns1. The topological polar surface area (TPSA) is 96.1 Å². The summed E-state index contributed by atoms with van der Waals surface area (Å²) in [7, 11) is 0. The number of likely N-dealkylation sites (tertiary alicyclic amines) is 1. The van der Waals surface area contributed by atoms with Crippen LogP contribution in [0.5, 0.6) is 0 Å². The molecule has 3 aliphatic heterocycles. The highest BCUT2D eigenvalue weighted by atomic mass is 35.5. The van der Waals surface area contributed by atoms with Crippen molar-refractivity contribution in [3.8, 4) is 17.2 Å². The van der Waals surface area contributed by atoms with Gasteiger partial charge in [0.05, 0.1) is 52.1 Å². The number of ether oxygens (including phenoxy) is 1. The predicted octanol–water partition coefficient (Wildman–Crippen LogP) is 8.63. The highest BCUT2D eigenvalue weighted by molar-refractivity contribution is 7.05. The molecule has 0 radical (unpaired) electrons. The fraction of sp³-hybridized carbons (Fsp3) is 0.436. The van der Waals surface area contributed by atoms with E-state index in [-0.39, 0.29) is 53.0 Å². The van der Waals surface area contributed by atoms with Gasteiger partial charge in [-0.3, -0.25) is 4.79 Å². The van der Waals surface area contributed by atoms with E-state index in [1.54, 1.807) is 18.2 Å². The quantitative estimate of drug-likeness (QED) is 0.163. The van der Waals surface area contributed by atoms with Crippen molar-refractivity contribution in [3.63, 3.8) is 0 Å². The lowest BCUT2D eigenvalue weighted by Gasteiger charge is -2.39. The number of amides is 1. The van der Waals surface area contributed by atoms with E-state index >= 15 is 4.39 Å². The van der Waals surface area contributed by atoms with Crippen molar-refractivity contribution in [2.75, 3.05) is 13.1 Å². The number of hydrogen-bond acceptors (Lipinski definition) is 7. The molecule has 10 rings (SSSR count). The number of halogens is 3. The monoisotopic (exact) mass is 742 g/mol. The van der Waals surface area contributed by atoms with Gasteiger partial charge in [0.1, 0.15) is 5.52 Å². The summed E-state index contributed by atoms with van der Waals surface area (Å²) < 4.78 is 30.6. The van der Waals surface area contributed by atoms with Gasteiger partial charge in [-0.25, -0.2) is 9.37 Å². The molecule has 1 amide bonds. The molecule has 2 aromatic carbocycles. The van der Waals surface area contributed by atoms with Gasteiger partial charge >= 0.3 is 0 Å². The van der Waals surface area contributed by atoms with Gasteiger partial charge in [-0.1, -0.05) is 35.3 Å². The molecule has 262 valence electrons. The Hall–Kier alpha value is -3.59. The van der Waals surface area contributed by atoms with E-state index in [1.165, 1.54) is 11.5 Å². The largest absolute Gasteiger partial charge is 0.370 e. The third kappa shape index (κ3) is 5.55. The van der Waals surface area contributed by atoms with E-state index < -0.39 is 5.82 Å². The Labute approximate surface area is 309 Å². The van der Waals surface area contributed by atoms with Crippen molar-refractivity contribution < 1.29 is 13.9 Å². The third-order valence-electron chi connectivity index (χ3n) is 11.4. The van der Waals surface area contributed by atoms with Gasteiger partial charge in [0.15, 0.2) is 5.82 Å². The number of hydrogen-bond donors (Lipinski definition) is 1. The predicted molar refractivity (Wildman–Crippen MR) is 197 cm³/mol. The van der Waals surface area contributed by atoms with E-state index in [1.807, 2.05) is 19.9 Å². The maximum absolute atomic E-state index is 17.2. The van der Waals surface area contributed by atoms with Crippen molar-refractivity contribution in [2.24, 2.45) is 11.8 Å². The molecule has 3 aromatic heterocycles. The molecule has 1 N–H and O–H groups in total. The van der Waals surface area contributed by atoms with Gasteiger partial charge in [0.2, 0.25) is 5.91 Å². The fourth-order valence-electron chi connectivity index (χ4n) is 8.79. The number of aryl methyl sites for hydroxylation is 3. The van der Waals surface area contributed by atoms with Crippen molar-refractivity contribution >= 4 is 62.4 Å². The van der Waals surface area contributed by atoms with E-state index in [0.717, 1.165) is 53.0 Å². The Balaban J connectivity index is 1.23. The second-order valence-corrected chi connectivity index (χ2v) is 16.5. The van der Waals surface area contributed by atoms with Crippen molar-refractivity contribution in [2.45, 2.75) is 83.2 Å². The zero-order valence-corrected chi connectivity index (χ0v) is 30.7. The number of pyridine rings is 1. The fourth-order valence-corrected chi connectivity index (χ4v) is 9.75. The highest BCUT2D eigenvalue weighted by Crippen LogP contribution is 2.51. The van der Waals surface area contributed by atoms with Crippen LogP contribution in [0.2, 0.25) is 10.0 Å². The first-order valence-corrected chi connectivity index (χ1v) is 19.3. The number of fused-ring (bicyclic) bond motifs is 4. The Morgan fingerprint density at radius 3 is 2.73 bits per heavy atom. The Morgan fingerprint density at radius 2 is 2.02 bits per heavy atom. The average molecular weight is 744 g/mol. The number of benzene rings is 2. The molecule has 5 fully saturated rings. The van der Waals surface area contributed by atoms with Crippen LogP contribution in [0, 0.1) is 42.8 Å². The van der Waals surface area contributed by atoms with Gasteiger partial charge in [-0.05, 0) is 86.8 Å². The lowest BCUT2D eigenvalue weighted by atomic mass is 9.79. The minimum Gasteiger partial charge on any atom is -0.370 e. The second kappa shape index (κ2) is 12.8. The standard InChI is InChI=1S/C39H37Cl2FN6O2S/c1-19-11-24(46-51-19)18-50-25-14-31(47(17-25)39(49)21-8-9-21)32-15-27-20(2)45-36-28(38(27)48(32)37-23-13-30(37)44-16-23)12-22(5-4-10-43)33(35(36)42)26-6-3-7-29(40)34(26)41/h3,6-7,11-12,15,21,23,25,30-31,37,44H,4-5,8-9,13-14,16-18H2,1-2H3. The Bertz CT molecular complexity index is 2260. The van der Waals surface area contributed by atoms with Gasteiger partial charge < -0.3 is 19.5 Å². The highest BCUT2D eigenvalue weighted by Gasteiger charge is 2.51. The van der Waals surface area contributed by atoms with Gasteiger partial charge in [0.25, 0.3) is 0 Å². The second-order valence-electron chi connectivity index (χ2n) is 14.7. The summed E-state index contributed by atoms with van der Waals surface area (Å²) in [4.78, 5) is 22.1. The molecule has 12 heteroatoms. The van der Waals surface area contributed by atoms with Gasteiger partial charge in [0, 0.05) is 76.1 Å². The van der Waals surface area contributed by atoms with Crippen molar-refractivity contribution in [1.29, 1.82) is 5.26 Å². The summed E-state index contributed by atoms with van der Waals surface area (Å²) in [5, 5.41) is 15.5. The number of aromatic nitrogens is 3. The lowest BCUT2D eigenvalue weighted by molar-refractivity contribution is -0.134. The van der Waals surface area contributed by atoms with Crippen LogP contribution in [0.3, 0.4) is 0 Å². The molecule has 5 unspecified atom stereocenters. The van der Waals surface area contributed by atoms with Crippen LogP contribution < -0.4 is 5.32 Å². The van der Waals surface area contributed by atoms with Crippen LogP contribution >= 0.6 is 34.7 Å². The molecule has 2 saturated carbocycles. The molecule has 8 nitrogen and oxygen atoms in total. The summed E-state index contributed by atoms with van der Waals surface area (Å²) in [6.07, 6.45) is 3.99. The summed E-state index contributed by atoms with van der Waals surface area (Å²) in [5.41, 5.74) is 5.35. The number of carbonyl (C=O) groups excluding carboxylic acids is 1. The number of nitrogens with zero attached hydrogens (tertiary/aromatic N) is 5. The van der Waals surface area contributed by atoms with Gasteiger partial charge in [-0.15, -0.1) is 0 Å². The molecule has 6 heterocycles. The molecule has 2 aliphatic carbocycles. The Kier molecular flexibility index (Phi) is 8.36. The van der Waals surface area contributed by atoms with E-state index in [2.05, 4.69) is 37.4 Å². The maximum Gasteiger partial charge on any atom is 0.226 e. The van der Waals surface area contributed by atoms with Gasteiger partial charge in [-0.2, -0.15) is 9.64 Å². The van der Waals surface area contributed by atoms with E-state index in [0.29, 0.717) is 64.7 Å². The minimum atomic E-state index is -0.476. The van der Waals surface area contributed by atoms with Crippen LogP contribution in [0.15, 0.2) is 36.4 Å². The normalized spacial score (nSPS) is 24.1. The maximum atomic E-state index is 17.2.